The van der Waals surface area contributed by atoms with Crippen molar-refractivity contribution >= 4 is 28.2 Å². The number of nitrogens with one attached hydrogen (secondary N) is 2. The molecule has 27 heavy (non-hydrogen) atoms. The van der Waals surface area contributed by atoms with Gasteiger partial charge >= 0.3 is 0 Å². The molecule has 0 aliphatic rings. The van der Waals surface area contributed by atoms with Gasteiger partial charge in [0.25, 0.3) is 5.91 Å². The van der Waals surface area contributed by atoms with E-state index in [0.717, 1.165) is 16.6 Å². The topological polar surface area (TPSA) is 66.9 Å². The predicted octanol–water partition coefficient (Wildman–Crippen LogP) is 4.49. The molecule has 2 aromatic carbocycles. The molecular formula is C22H18N4O. The second kappa shape index (κ2) is 7.66. The molecule has 0 saturated carbocycles. The summed E-state index contributed by atoms with van der Waals surface area (Å²) in [5, 5.41) is 7.17. The van der Waals surface area contributed by atoms with Crippen molar-refractivity contribution < 1.29 is 4.79 Å². The van der Waals surface area contributed by atoms with Crippen LogP contribution in [0.25, 0.3) is 10.9 Å². The Labute approximate surface area is 157 Å². The summed E-state index contributed by atoms with van der Waals surface area (Å²) in [5.74, 6) is -0.261. The molecule has 0 aliphatic heterocycles. The van der Waals surface area contributed by atoms with Crippen molar-refractivity contribution in [2.24, 2.45) is 0 Å². The van der Waals surface area contributed by atoms with Gasteiger partial charge in [0.15, 0.2) is 0 Å². The maximum Gasteiger partial charge on any atom is 0.274 e. The lowest BCUT2D eigenvalue weighted by Gasteiger charge is -2.09. The molecule has 0 unspecified atom stereocenters. The molecule has 5 nitrogen and oxygen atoms in total. The second-order valence-electron chi connectivity index (χ2n) is 6.11. The number of amides is 1. The van der Waals surface area contributed by atoms with Crippen molar-refractivity contribution in [2.45, 2.75) is 6.54 Å². The summed E-state index contributed by atoms with van der Waals surface area (Å²) in [6, 6.07) is 23.2. The molecule has 1 amide bonds. The van der Waals surface area contributed by atoms with Crippen LogP contribution in [0.4, 0.5) is 11.4 Å². The molecule has 2 aromatic heterocycles. The zero-order valence-electron chi connectivity index (χ0n) is 14.6. The molecule has 4 aromatic rings. The van der Waals surface area contributed by atoms with Crippen LogP contribution in [0, 0.1) is 0 Å². The smallest absolute Gasteiger partial charge is 0.274 e. The van der Waals surface area contributed by atoms with Crippen molar-refractivity contribution in [1.29, 1.82) is 0 Å². The fourth-order valence-corrected chi connectivity index (χ4v) is 2.82. The first-order valence-electron chi connectivity index (χ1n) is 8.68. The van der Waals surface area contributed by atoms with Crippen LogP contribution in [-0.4, -0.2) is 15.9 Å². The van der Waals surface area contributed by atoms with Gasteiger partial charge in [-0.05, 0) is 29.8 Å². The van der Waals surface area contributed by atoms with E-state index in [-0.39, 0.29) is 5.91 Å². The number of aromatic nitrogens is 2. The largest absolute Gasteiger partial charge is 0.380 e. The first-order valence-corrected chi connectivity index (χ1v) is 8.68. The van der Waals surface area contributed by atoms with Gasteiger partial charge in [0.05, 0.1) is 23.1 Å². The Balaban J connectivity index is 1.44. The second-order valence-corrected chi connectivity index (χ2v) is 6.11. The van der Waals surface area contributed by atoms with Crippen molar-refractivity contribution in [1.82, 2.24) is 9.97 Å². The molecule has 0 aliphatic carbocycles. The van der Waals surface area contributed by atoms with Crippen LogP contribution in [0.2, 0.25) is 0 Å². The average Bonchev–Trinajstić information content (AvgIpc) is 2.74. The van der Waals surface area contributed by atoms with Crippen LogP contribution in [-0.2, 0) is 6.54 Å². The number of carbonyl (C=O) groups excluding carboxylic acids is 1. The molecular weight excluding hydrogens is 336 g/mol. The first kappa shape index (κ1) is 16.7. The highest BCUT2D eigenvalue weighted by Crippen LogP contribution is 2.21. The monoisotopic (exact) mass is 354 g/mol. The van der Waals surface area contributed by atoms with Gasteiger partial charge < -0.3 is 10.6 Å². The quantitative estimate of drug-likeness (QED) is 0.554. The van der Waals surface area contributed by atoms with Gasteiger partial charge in [-0.3, -0.25) is 9.78 Å². The lowest BCUT2D eigenvalue weighted by molar-refractivity contribution is 0.102. The molecule has 0 radical (unpaired) electrons. The summed E-state index contributed by atoms with van der Waals surface area (Å²) < 4.78 is 0. The van der Waals surface area contributed by atoms with Crippen LogP contribution in [0.1, 0.15) is 16.1 Å². The van der Waals surface area contributed by atoms with E-state index >= 15 is 0 Å². The normalized spacial score (nSPS) is 10.5. The highest BCUT2D eigenvalue weighted by Gasteiger charge is 2.10. The fourth-order valence-electron chi connectivity index (χ4n) is 2.82. The third-order valence-corrected chi connectivity index (χ3v) is 4.22. The Morgan fingerprint density at radius 2 is 1.70 bits per heavy atom. The van der Waals surface area contributed by atoms with Gasteiger partial charge in [-0.25, -0.2) is 4.98 Å². The van der Waals surface area contributed by atoms with Gasteiger partial charge in [-0.15, -0.1) is 0 Å². The number of rotatable bonds is 5. The SMILES string of the molecule is O=C(Nc1cccc2cccnc12)c1ccc(NCc2ccccc2)cn1. The number of nitrogens with zero attached hydrogens (tertiary/aromatic N) is 2. The van der Waals surface area contributed by atoms with E-state index in [4.69, 9.17) is 0 Å². The fraction of sp³-hybridized carbons (Fsp3) is 0.0455. The summed E-state index contributed by atoms with van der Waals surface area (Å²) in [7, 11) is 0. The molecule has 132 valence electrons. The van der Waals surface area contributed by atoms with E-state index in [9.17, 15) is 4.79 Å². The van der Waals surface area contributed by atoms with E-state index in [1.807, 2.05) is 54.6 Å². The zero-order chi connectivity index (χ0) is 18.5. The summed E-state index contributed by atoms with van der Waals surface area (Å²) in [5.41, 5.74) is 3.83. The molecule has 0 fully saturated rings. The summed E-state index contributed by atoms with van der Waals surface area (Å²) in [6.07, 6.45) is 3.38. The van der Waals surface area contributed by atoms with E-state index in [1.165, 1.54) is 5.56 Å². The highest BCUT2D eigenvalue weighted by atomic mass is 16.1. The molecule has 0 bridgehead atoms. The lowest BCUT2D eigenvalue weighted by atomic mass is 10.2. The molecule has 0 spiro atoms. The summed E-state index contributed by atoms with van der Waals surface area (Å²) in [6.45, 7) is 0.704. The molecule has 2 N–H and O–H groups in total. The standard InChI is InChI=1S/C22H18N4O/c27-22(26-19-10-4-8-17-9-5-13-23-21(17)19)20-12-11-18(15-25-20)24-14-16-6-2-1-3-7-16/h1-13,15,24H,14H2,(H,26,27). The van der Waals surface area contributed by atoms with Crippen LogP contribution in [0.3, 0.4) is 0 Å². The van der Waals surface area contributed by atoms with E-state index in [1.54, 1.807) is 18.5 Å². The lowest BCUT2D eigenvalue weighted by Crippen LogP contribution is -2.14. The molecule has 0 atom stereocenters. The maximum atomic E-state index is 12.5. The highest BCUT2D eigenvalue weighted by molar-refractivity contribution is 6.07. The van der Waals surface area contributed by atoms with E-state index < -0.39 is 0 Å². The minimum atomic E-state index is -0.261. The van der Waals surface area contributed by atoms with E-state index in [2.05, 4.69) is 32.7 Å². The van der Waals surface area contributed by atoms with Crippen LogP contribution in [0.5, 0.6) is 0 Å². The molecule has 2 heterocycles. The Hall–Kier alpha value is -3.73. The van der Waals surface area contributed by atoms with Gasteiger partial charge in [0, 0.05) is 18.1 Å². The first-order chi connectivity index (χ1) is 13.3. The van der Waals surface area contributed by atoms with Crippen molar-refractivity contribution in [3.63, 3.8) is 0 Å². The number of anilines is 2. The summed E-state index contributed by atoms with van der Waals surface area (Å²) >= 11 is 0. The van der Waals surface area contributed by atoms with Gasteiger partial charge in [-0.1, -0.05) is 48.5 Å². The van der Waals surface area contributed by atoms with Gasteiger partial charge in [0.2, 0.25) is 0 Å². The number of benzene rings is 2. The average molecular weight is 354 g/mol. The van der Waals surface area contributed by atoms with Crippen molar-refractivity contribution in [3.8, 4) is 0 Å². The van der Waals surface area contributed by atoms with Crippen molar-refractivity contribution in [2.75, 3.05) is 10.6 Å². The number of para-hydroxylation sites is 1. The zero-order valence-corrected chi connectivity index (χ0v) is 14.6. The molecule has 4 rings (SSSR count). The van der Waals surface area contributed by atoms with Crippen LogP contribution >= 0.6 is 0 Å². The Morgan fingerprint density at radius 1 is 0.852 bits per heavy atom. The number of hydrogen-bond donors (Lipinski definition) is 2. The number of fused-ring (bicyclic) bond motifs is 1. The molecule has 5 heteroatoms. The van der Waals surface area contributed by atoms with E-state index in [0.29, 0.717) is 17.9 Å². The summed E-state index contributed by atoms with van der Waals surface area (Å²) in [4.78, 5) is 21.1. The van der Waals surface area contributed by atoms with Gasteiger partial charge in [-0.2, -0.15) is 0 Å². The van der Waals surface area contributed by atoms with Crippen LogP contribution in [0.15, 0.2) is 85.2 Å². The third-order valence-electron chi connectivity index (χ3n) is 4.22. The predicted molar refractivity (Wildman–Crippen MR) is 108 cm³/mol. The van der Waals surface area contributed by atoms with Crippen molar-refractivity contribution in [3.05, 3.63) is 96.4 Å². The number of pyridine rings is 2. The Kier molecular flexibility index (Phi) is 4.74. The third kappa shape index (κ3) is 3.93. The minimum Gasteiger partial charge on any atom is -0.380 e. The molecule has 0 saturated heterocycles. The number of hydrogen-bond acceptors (Lipinski definition) is 4. The minimum absolute atomic E-state index is 0.261. The van der Waals surface area contributed by atoms with Crippen LogP contribution < -0.4 is 10.6 Å². The Morgan fingerprint density at radius 3 is 2.52 bits per heavy atom. The number of carbonyl (C=O) groups is 1. The maximum absolute atomic E-state index is 12.5. The Bertz CT molecular complexity index is 1060. The van der Waals surface area contributed by atoms with Gasteiger partial charge in [0.1, 0.15) is 5.69 Å².